The third kappa shape index (κ3) is 6.25. The van der Waals surface area contributed by atoms with Gasteiger partial charge in [-0.3, -0.25) is 9.59 Å². The van der Waals surface area contributed by atoms with Crippen molar-refractivity contribution in [3.05, 3.63) is 93.5 Å². The van der Waals surface area contributed by atoms with Gasteiger partial charge in [0.2, 0.25) is 0 Å². The molecule has 1 atom stereocenters. The number of fused-ring (bicyclic) bond motifs is 1. The van der Waals surface area contributed by atoms with E-state index in [1.54, 1.807) is 13.1 Å². The summed E-state index contributed by atoms with van der Waals surface area (Å²) in [4.78, 5) is 32.1. The summed E-state index contributed by atoms with van der Waals surface area (Å²) in [5, 5.41) is 16.2. The highest BCUT2D eigenvalue weighted by atomic mass is 16.1. The lowest BCUT2D eigenvalue weighted by molar-refractivity contribution is 0.102. The Hall–Kier alpha value is -4.48. The Kier molecular flexibility index (Phi) is 7.89. The Morgan fingerprint density at radius 2 is 1.82 bits per heavy atom. The molecule has 0 saturated heterocycles. The Morgan fingerprint density at radius 3 is 2.55 bits per heavy atom. The minimum atomic E-state index is -0.216. The first kappa shape index (κ1) is 26.6. The van der Waals surface area contributed by atoms with Gasteiger partial charge in [0.05, 0.1) is 23.3 Å². The Balaban J connectivity index is 1.59. The monoisotopic (exact) mass is 508 g/mol. The van der Waals surface area contributed by atoms with Crippen molar-refractivity contribution in [3.63, 3.8) is 0 Å². The molecule has 1 unspecified atom stereocenters. The third-order valence-corrected chi connectivity index (χ3v) is 6.27. The number of carbonyl (C=O) groups excluding carboxylic acids is 1. The van der Waals surface area contributed by atoms with Gasteiger partial charge >= 0.3 is 0 Å². The maximum atomic E-state index is 13.3. The summed E-state index contributed by atoms with van der Waals surface area (Å²) in [6.45, 7) is 4.55. The van der Waals surface area contributed by atoms with Gasteiger partial charge in [-0.1, -0.05) is 12.1 Å². The molecule has 0 radical (unpaired) electrons. The van der Waals surface area contributed by atoms with Crippen LogP contribution in [0.4, 0.5) is 17.1 Å². The largest absolute Gasteiger partial charge is 0.355 e. The molecule has 8 heteroatoms. The number of anilines is 3. The average molecular weight is 509 g/mol. The summed E-state index contributed by atoms with van der Waals surface area (Å²) in [5.41, 5.74) is 6.26. The van der Waals surface area contributed by atoms with E-state index in [0.717, 1.165) is 28.1 Å². The zero-order chi connectivity index (χ0) is 27.4. The van der Waals surface area contributed by atoms with E-state index in [0.29, 0.717) is 35.1 Å². The van der Waals surface area contributed by atoms with Crippen LogP contribution < -0.4 is 16.2 Å². The zero-order valence-electron chi connectivity index (χ0n) is 22.4. The van der Waals surface area contributed by atoms with Crippen LogP contribution in [0.15, 0.2) is 65.7 Å². The zero-order valence-corrected chi connectivity index (χ0v) is 22.4. The average Bonchev–Trinajstić information content (AvgIpc) is 2.88. The molecular formula is C30H32N6O2. The van der Waals surface area contributed by atoms with Crippen LogP contribution in [-0.2, 0) is 20.0 Å². The lowest BCUT2D eigenvalue weighted by Gasteiger charge is -2.15. The molecule has 0 aliphatic carbocycles. The topological polar surface area (TPSA) is 103 Å². The van der Waals surface area contributed by atoms with E-state index in [2.05, 4.69) is 27.8 Å². The number of nitrogens with zero attached hydrogens (tertiary/aromatic N) is 4. The Morgan fingerprint density at radius 1 is 1.08 bits per heavy atom. The van der Waals surface area contributed by atoms with Crippen LogP contribution in [0.25, 0.3) is 10.9 Å². The summed E-state index contributed by atoms with van der Waals surface area (Å²) >= 11 is 0. The molecule has 0 saturated carbocycles. The molecule has 38 heavy (non-hydrogen) atoms. The van der Waals surface area contributed by atoms with E-state index >= 15 is 0 Å². The number of aryl methyl sites for hydroxylation is 2. The number of nitrogens with one attached hydrogen (secondary N) is 2. The van der Waals surface area contributed by atoms with E-state index < -0.39 is 0 Å². The Bertz CT molecular complexity index is 1600. The molecule has 194 valence electrons. The van der Waals surface area contributed by atoms with E-state index in [4.69, 9.17) is 0 Å². The molecule has 3 aromatic carbocycles. The molecule has 0 fully saturated rings. The van der Waals surface area contributed by atoms with Crippen LogP contribution >= 0.6 is 0 Å². The summed E-state index contributed by atoms with van der Waals surface area (Å²) in [6.07, 6.45) is 2.10. The number of nitriles is 1. The highest BCUT2D eigenvalue weighted by Gasteiger charge is 2.13. The predicted octanol–water partition coefficient (Wildman–Crippen LogP) is 5.00. The fourth-order valence-electron chi connectivity index (χ4n) is 4.35. The van der Waals surface area contributed by atoms with Crippen molar-refractivity contribution in [1.29, 1.82) is 5.26 Å². The maximum absolute atomic E-state index is 13.3. The quantitative estimate of drug-likeness (QED) is 0.347. The number of hydrogen-bond acceptors (Lipinski definition) is 6. The molecule has 1 heterocycles. The number of hydrogen-bond donors (Lipinski definition) is 2. The Labute approximate surface area is 222 Å². The van der Waals surface area contributed by atoms with Gasteiger partial charge in [0.15, 0.2) is 0 Å². The number of rotatable bonds is 8. The van der Waals surface area contributed by atoms with Gasteiger partial charge in [0.1, 0.15) is 0 Å². The predicted molar refractivity (Wildman–Crippen MR) is 152 cm³/mol. The molecule has 1 amide bonds. The summed E-state index contributed by atoms with van der Waals surface area (Å²) in [6, 6.07) is 19.2. The van der Waals surface area contributed by atoms with Crippen molar-refractivity contribution in [2.24, 2.45) is 13.0 Å². The SMILES string of the molecule is Cc1ccc(NC(=O)c2cc(CC(C)C#N)cc(CN(C)C)c2)cc1Nc1ccc2ncn(C)c(=O)c2c1. The molecule has 8 nitrogen and oxygen atoms in total. The summed E-state index contributed by atoms with van der Waals surface area (Å²) < 4.78 is 1.45. The molecule has 2 N–H and O–H groups in total. The van der Waals surface area contributed by atoms with Gasteiger partial charge in [0, 0.05) is 42.1 Å². The van der Waals surface area contributed by atoms with Crippen molar-refractivity contribution in [2.75, 3.05) is 24.7 Å². The fraction of sp³-hybridized carbons (Fsp3) is 0.267. The highest BCUT2D eigenvalue weighted by Crippen LogP contribution is 2.26. The van der Waals surface area contributed by atoms with Gasteiger partial charge in [-0.2, -0.15) is 5.26 Å². The molecular weight excluding hydrogens is 476 g/mol. The lowest BCUT2D eigenvalue weighted by atomic mass is 9.97. The van der Waals surface area contributed by atoms with E-state index in [-0.39, 0.29) is 17.4 Å². The van der Waals surface area contributed by atoms with Crippen LogP contribution in [0.3, 0.4) is 0 Å². The van der Waals surface area contributed by atoms with Gasteiger partial charge in [-0.15, -0.1) is 0 Å². The number of aromatic nitrogens is 2. The smallest absolute Gasteiger partial charge is 0.260 e. The van der Waals surface area contributed by atoms with E-state index in [1.165, 1.54) is 10.9 Å². The van der Waals surface area contributed by atoms with Gasteiger partial charge in [-0.05, 0) is 93.5 Å². The van der Waals surface area contributed by atoms with Gasteiger partial charge in [0.25, 0.3) is 11.5 Å². The second-order valence-electron chi connectivity index (χ2n) is 10.0. The van der Waals surface area contributed by atoms with Gasteiger partial charge in [-0.25, -0.2) is 4.98 Å². The third-order valence-electron chi connectivity index (χ3n) is 6.27. The van der Waals surface area contributed by atoms with Crippen molar-refractivity contribution >= 4 is 33.9 Å². The van der Waals surface area contributed by atoms with Crippen molar-refractivity contribution in [3.8, 4) is 6.07 Å². The minimum absolute atomic E-state index is 0.114. The second-order valence-corrected chi connectivity index (χ2v) is 10.0. The highest BCUT2D eigenvalue weighted by molar-refractivity contribution is 6.04. The van der Waals surface area contributed by atoms with E-state index in [1.807, 2.05) is 75.3 Å². The number of amides is 1. The van der Waals surface area contributed by atoms with E-state index in [9.17, 15) is 14.9 Å². The fourth-order valence-corrected chi connectivity index (χ4v) is 4.35. The second kappa shape index (κ2) is 11.3. The molecule has 4 rings (SSSR count). The van der Waals surface area contributed by atoms with Crippen molar-refractivity contribution in [1.82, 2.24) is 14.5 Å². The molecule has 0 aliphatic heterocycles. The first-order valence-electron chi connectivity index (χ1n) is 12.4. The lowest BCUT2D eigenvalue weighted by Crippen LogP contribution is -2.17. The van der Waals surface area contributed by atoms with Crippen LogP contribution in [0.2, 0.25) is 0 Å². The normalized spacial score (nSPS) is 11.8. The van der Waals surface area contributed by atoms with Crippen LogP contribution in [0, 0.1) is 24.2 Å². The van der Waals surface area contributed by atoms with Crippen LogP contribution in [0.5, 0.6) is 0 Å². The first-order chi connectivity index (χ1) is 18.1. The molecule has 4 aromatic rings. The van der Waals surface area contributed by atoms with Gasteiger partial charge < -0.3 is 20.1 Å². The summed E-state index contributed by atoms with van der Waals surface area (Å²) in [7, 11) is 5.64. The van der Waals surface area contributed by atoms with Crippen LogP contribution in [0.1, 0.15) is 34.0 Å². The minimum Gasteiger partial charge on any atom is -0.355 e. The van der Waals surface area contributed by atoms with Crippen LogP contribution in [-0.4, -0.2) is 34.5 Å². The first-order valence-corrected chi connectivity index (χ1v) is 12.4. The maximum Gasteiger partial charge on any atom is 0.260 e. The molecule has 0 bridgehead atoms. The van der Waals surface area contributed by atoms with Crippen molar-refractivity contribution < 1.29 is 4.79 Å². The van der Waals surface area contributed by atoms with Crippen molar-refractivity contribution in [2.45, 2.75) is 26.8 Å². The number of carbonyl (C=O) groups is 1. The molecule has 0 aliphatic rings. The number of benzene rings is 3. The molecule has 0 spiro atoms. The summed E-state index contributed by atoms with van der Waals surface area (Å²) in [5.74, 6) is -0.358. The standard InChI is InChI=1S/C30H32N6O2/c1-19(16-31)10-21-11-22(17-35(3)4)13-23(12-21)29(37)34-25-7-6-20(2)28(15-25)33-24-8-9-27-26(14-24)30(38)36(5)18-32-27/h6-9,11-15,18-19,33H,10,17H2,1-5H3,(H,34,37). The molecule has 1 aromatic heterocycles.